The van der Waals surface area contributed by atoms with Crippen molar-refractivity contribution < 1.29 is 19.0 Å². The van der Waals surface area contributed by atoms with E-state index in [0.29, 0.717) is 11.8 Å². The van der Waals surface area contributed by atoms with Crippen molar-refractivity contribution in [3.8, 4) is 0 Å². The molecule has 2 rings (SSSR count). The van der Waals surface area contributed by atoms with E-state index in [-0.39, 0.29) is 35.2 Å². The van der Waals surface area contributed by atoms with Crippen molar-refractivity contribution >= 4 is 26.7 Å². The second-order valence-electron chi connectivity index (χ2n) is 15.2. The zero-order chi connectivity index (χ0) is 28.4. The summed E-state index contributed by atoms with van der Waals surface area (Å²) >= 11 is -1.92. The number of aliphatic hydroxyl groups is 1. The van der Waals surface area contributed by atoms with Crippen molar-refractivity contribution in [3.05, 3.63) is 10.2 Å². The van der Waals surface area contributed by atoms with Gasteiger partial charge in [0.1, 0.15) is 0 Å². The van der Waals surface area contributed by atoms with Gasteiger partial charge in [0, 0.05) is 0 Å². The van der Waals surface area contributed by atoms with Crippen LogP contribution < -0.4 is 0 Å². The molecule has 4 nitrogen and oxygen atoms in total. The van der Waals surface area contributed by atoms with Crippen LogP contribution in [0.5, 0.6) is 0 Å². The first-order chi connectivity index (χ1) is 16.8. The molecule has 2 aliphatic rings. The molecule has 218 valence electrons. The van der Waals surface area contributed by atoms with Gasteiger partial charge in [0.25, 0.3) is 0 Å². The zero-order valence-corrected chi connectivity index (χ0v) is 30.5. The van der Waals surface area contributed by atoms with Gasteiger partial charge in [0.2, 0.25) is 0 Å². The summed E-state index contributed by atoms with van der Waals surface area (Å²) in [6.07, 6.45) is 8.38. The summed E-state index contributed by atoms with van der Waals surface area (Å²) in [5.74, 6) is 0.435. The van der Waals surface area contributed by atoms with E-state index in [1.165, 1.54) is 0 Å². The van der Waals surface area contributed by atoms with Crippen molar-refractivity contribution in [2.75, 3.05) is 0 Å². The quantitative estimate of drug-likeness (QED) is 0.242. The SMILES string of the molecule is CC[C@@H](/C=[CH]/[Sn]([CH3])([CH3])[CH3])CC[C@@H]1O[C@]2(CC[C@H](C)[C@H](C[C@@H](C)O[Si](C)(C)C(C)(C)C)O2)[C@H](C)[C@H](O)[C@@H]1C. The Labute approximate surface area is 235 Å². The van der Waals surface area contributed by atoms with Crippen molar-refractivity contribution in [2.45, 2.75) is 157 Å². The Balaban J connectivity index is 2.13. The van der Waals surface area contributed by atoms with Crippen molar-refractivity contribution in [2.24, 2.45) is 23.7 Å². The fourth-order valence-corrected chi connectivity index (χ4v) is 9.65. The zero-order valence-electron chi connectivity index (χ0n) is 26.7. The molecule has 0 aliphatic carbocycles. The number of hydrogen-bond acceptors (Lipinski definition) is 4. The normalized spacial score (nSPS) is 35.7. The van der Waals surface area contributed by atoms with E-state index in [0.717, 1.165) is 38.5 Å². The average molecular weight is 646 g/mol. The van der Waals surface area contributed by atoms with Gasteiger partial charge in [-0.3, -0.25) is 0 Å². The Morgan fingerprint density at radius 3 is 2.24 bits per heavy atom. The predicted molar refractivity (Wildman–Crippen MR) is 163 cm³/mol. The van der Waals surface area contributed by atoms with Crippen LogP contribution in [0, 0.1) is 23.7 Å². The van der Waals surface area contributed by atoms with E-state index in [9.17, 15) is 5.11 Å². The summed E-state index contributed by atoms with van der Waals surface area (Å²) in [5.41, 5.74) is 0. The Bertz CT molecular complexity index is 742. The fraction of sp³-hybridized carbons (Fsp3) is 0.935. The summed E-state index contributed by atoms with van der Waals surface area (Å²) in [6, 6.07) is 0. The van der Waals surface area contributed by atoms with Crippen molar-refractivity contribution in [1.82, 2.24) is 0 Å². The molecule has 1 spiro atoms. The van der Waals surface area contributed by atoms with E-state index >= 15 is 0 Å². The summed E-state index contributed by atoms with van der Waals surface area (Å²) in [7, 11) is -1.84. The number of rotatable bonds is 10. The van der Waals surface area contributed by atoms with Crippen LogP contribution in [0.2, 0.25) is 33.0 Å². The summed E-state index contributed by atoms with van der Waals surface area (Å²) in [6.45, 7) is 22.7. The van der Waals surface area contributed by atoms with Crippen LogP contribution in [-0.2, 0) is 13.9 Å². The van der Waals surface area contributed by atoms with Gasteiger partial charge in [-0.25, -0.2) is 0 Å². The van der Waals surface area contributed by atoms with Gasteiger partial charge < -0.3 is 4.43 Å². The van der Waals surface area contributed by atoms with Gasteiger partial charge in [-0.05, 0) is 25.1 Å². The molecule has 0 aromatic heterocycles. The van der Waals surface area contributed by atoms with Crippen LogP contribution in [0.25, 0.3) is 0 Å². The number of hydrogen-bond donors (Lipinski definition) is 1. The molecule has 37 heavy (non-hydrogen) atoms. The second kappa shape index (κ2) is 13.1. The monoisotopic (exact) mass is 646 g/mol. The number of ether oxygens (including phenoxy) is 2. The number of allylic oxidation sites excluding steroid dienone is 1. The Morgan fingerprint density at radius 2 is 1.70 bits per heavy atom. The standard InChI is InChI=1S/C28H53O4Si.3CH3.Sn/c1-12-23(13-2)14-15-24-21(5)26(29)22(6)28(30-24)17-16-19(3)25(31-28)18-20(4)32-33(10,11)27(7,8)9;;;;/h1,12,19-26,29H,13-18H2,2-11H3;3*1H3;/t19-,20+,21+,22+,23+,24-,25-,26+,28-;;;;/m0..../s1. The Hall–Kier alpha value is 0.596. The maximum absolute atomic E-state index is 11.4. The van der Waals surface area contributed by atoms with Gasteiger partial charge in [0.05, 0.1) is 0 Å². The van der Waals surface area contributed by atoms with E-state index in [1.807, 2.05) is 0 Å². The minimum atomic E-state index is -1.92. The molecule has 0 amide bonds. The predicted octanol–water partition coefficient (Wildman–Crippen LogP) is 8.57. The van der Waals surface area contributed by atoms with E-state index in [1.54, 1.807) is 0 Å². The molecule has 0 saturated carbocycles. The van der Waals surface area contributed by atoms with Crippen molar-refractivity contribution in [3.63, 3.8) is 0 Å². The molecule has 6 heteroatoms. The average Bonchev–Trinajstić information content (AvgIpc) is 2.76. The van der Waals surface area contributed by atoms with Crippen LogP contribution in [0.4, 0.5) is 0 Å². The third-order valence-corrected chi connectivity index (χ3v) is 17.7. The summed E-state index contributed by atoms with van der Waals surface area (Å²) < 4.78 is 23.1. The van der Waals surface area contributed by atoms with E-state index in [4.69, 9.17) is 13.9 Å². The van der Waals surface area contributed by atoms with Gasteiger partial charge >= 0.3 is 178 Å². The van der Waals surface area contributed by atoms with Crippen LogP contribution in [-0.4, -0.2) is 62.0 Å². The van der Waals surface area contributed by atoms with Gasteiger partial charge in [-0.2, -0.15) is 0 Å². The molecule has 1 N–H and O–H groups in total. The van der Waals surface area contributed by atoms with E-state index < -0.39 is 38.6 Å². The topological polar surface area (TPSA) is 47.9 Å². The summed E-state index contributed by atoms with van der Waals surface area (Å²) in [5, 5.41) is 11.6. The molecule has 0 radical (unpaired) electrons. The molecule has 0 aromatic rings. The molecular weight excluding hydrogens is 583 g/mol. The van der Waals surface area contributed by atoms with Gasteiger partial charge in [0.15, 0.2) is 8.32 Å². The molecule has 2 saturated heterocycles. The second-order valence-corrected chi connectivity index (χ2v) is 34.4. The fourth-order valence-electron chi connectivity index (χ4n) is 5.77. The molecule has 2 aliphatic heterocycles. The molecular formula is C31H62O4SiSn. The first kappa shape index (κ1) is 33.8. The minimum absolute atomic E-state index is 0.0294. The third-order valence-electron chi connectivity index (χ3n) is 9.70. The molecule has 0 unspecified atom stereocenters. The van der Waals surface area contributed by atoms with Crippen LogP contribution >= 0.6 is 0 Å². The van der Waals surface area contributed by atoms with Crippen molar-refractivity contribution in [1.29, 1.82) is 0 Å². The van der Waals surface area contributed by atoms with E-state index in [2.05, 4.69) is 93.5 Å². The van der Waals surface area contributed by atoms with Crippen LogP contribution in [0.15, 0.2) is 10.2 Å². The van der Waals surface area contributed by atoms with Gasteiger partial charge in [-0.15, -0.1) is 0 Å². The van der Waals surface area contributed by atoms with Crippen LogP contribution in [0.1, 0.15) is 93.9 Å². The first-order valence-electron chi connectivity index (χ1n) is 15.2. The van der Waals surface area contributed by atoms with Gasteiger partial charge in [-0.1, -0.05) is 20.8 Å². The molecule has 0 aromatic carbocycles. The number of aliphatic hydroxyl groups excluding tert-OH is 1. The Morgan fingerprint density at radius 1 is 1.11 bits per heavy atom. The third kappa shape index (κ3) is 9.04. The molecule has 9 atom stereocenters. The molecule has 2 heterocycles. The molecule has 2 fully saturated rings. The summed E-state index contributed by atoms with van der Waals surface area (Å²) in [4.78, 5) is 7.38. The first-order valence-corrected chi connectivity index (χ1v) is 28.3. The van der Waals surface area contributed by atoms with Crippen LogP contribution in [0.3, 0.4) is 0 Å². The maximum atomic E-state index is 11.4. The Kier molecular flexibility index (Phi) is 11.9. The molecule has 0 bridgehead atoms.